The highest BCUT2D eigenvalue weighted by atomic mass is 32.2. The van der Waals surface area contributed by atoms with Crippen LogP contribution in [0.3, 0.4) is 0 Å². The first kappa shape index (κ1) is 17.0. The van der Waals surface area contributed by atoms with Crippen LogP contribution in [-0.2, 0) is 0 Å². The molecule has 128 valence electrons. The minimum absolute atomic E-state index is 0.130. The number of nitrogens with one attached hydrogen (secondary N) is 2. The Morgan fingerprint density at radius 1 is 1.04 bits per heavy atom. The fourth-order valence-electron chi connectivity index (χ4n) is 2.60. The summed E-state index contributed by atoms with van der Waals surface area (Å²) in [6.45, 7) is 0.310. The zero-order chi connectivity index (χ0) is 17.8. The summed E-state index contributed by atoms with van der Waals surface area (Å²) in [5.74, 6) is -0.647. The van der Waals surface area contributed by atoms with Gasteiger partial charge in [-0.3, -0.25) is 14.5 Å². The predicted octanol–water partition coefficient (Wildman–Crippen LogP) is 2.83. The molecule has 2 N–H and O–H groups in total. The summed E-state index contributed by atoms with van der Waals surface area (Å²) >= 11 is 1.59. The zero-order valence-electron chi connectivity index (χ0n) is 13.6. The number of amides is 4. The van der Waals surface area contributed by atoms with Gasteiger partial charge in [0, 0.05) is 23.7 Å². The summed E-state index contributed by atoms with van der Waals surface area (Å²) in [7, 11) is 0. The summed E-state index contributed by atoms with van der Waals surface area (Å²) in [5, 5.41) is 5.39. The van der Waals surface area contributed by atoms with E-state index in [-0.39, 0.29) is 30.9 Å². The van der Waals surface area contributed by atoms with Crippen molar-refractivity contribution in [3.05, 3.63) is 59.7 Å². The number of rotatable bonds is 5. The van der Waals surface area contributed by atoms with Crippen molar-refractivity contribution in [2.24, 2.45) is 0 Å². The highest BCUT2D eigenvalue weighted by Crippen LogP contribution is 2.22. The Bertz CT molecular complexity index is 803. The van der Waals surface area contributed by atoms with E-state index >= 15 is 0 Å². The van der Waals surface area contributed by atoms with Crippen LogP contribution in [0.1, 0.15) is 20.7 Å². The van der Waals surface area contributed by atoms with Crippen LogP contribution in [0, 0.1) is 0 Å². The van der Waals surface area contributed by atoms with Gasteiger partial charge in [0.25, 0.3) is 11.8 Å². The van der Waals surface area contributed by atoms with E-state index in [0.717, 1.165) is 9.80 Å². The zero-order valence-corrected chi connectivity index (χ0v) is 14.4. The Kier molecular flexibility index (Phi) is 5.04. The Hall–Kier alpha value is -2.80. The van der Waals surface area contributed by atoms with Gasteiger partial charge in [-0.2, -0.15) is 0 Å². The molecule has 1 aliphatic rings. The molecule has 0 aromatic heterocycles. The molecular formula is C18H17N3O3S. The van der Waals surface area contributed by atoms with Crippen LogP contribution >= 0.6 is 11.8 Å². The molecule has 0 saturated heterocycles. The smallest absolute Gasteiger partial charge is 0.319 e. The van der Waals surface area contributed by atoms with Gasteiger partial charge in [0.1, 0.15) is 0 Å². The van der Waals surface area contributed by atoms with E-state index in [9.17, 15) is 14.4 Å². The molecule has 3 rings (SSSR count). The molecule has 0 aliphatic carbocycles. The molecule has 0 saturated carbocycles. The lowest BCUT2D eigenvalue weighted by atomic mass is 10.1. The number of fused-ring (bicyclic) bond motifs is 1. The number of hydrogen-bond donors (Lipinski definition) is 2. The number of carbonyl (C=O) groups is 3. The summed E-state index contributed by atoms with van der Waals surface area (Å²) in [4.78, 5) is 38.6. The lowest BCUT2D eigenvalue weighted by molar-refractivity contribution is 0.0656. The second-order valence-electron chi connectivity index (χ2n) is 5.42. The van der Waals surface area contributed by atoms with Crippen LogP contribution in [0.25, 0.3) is 0 Å². The van der Waals surface area contributed by atoms with Crippen molar-refractivity contribution < 1.29 is 14.4 Å². The van der Waals surface area contributed by atoms with Crippen molar-refractivity contribution in [1.82, 2.24) is 10.2 Å². The van der Waals surface area contributed by atoms with Crippen molar-refractivity contribution in [2.45, 2.75) is 4.90 Å². The molecule has 0 radical (unpaired) electrons. The van der Waals surface area contributed by atoms with Crippen molar-refractivity contribution in [3.63, 3.8) is 0 Å². The van der Waals surface area contributed by atoms with E-state index in [1.165, 1.54) is 0 Å². The van der Waals surface area contributed by atoms with Crippen LogP contribution < -0.4 is 10.6 Å². The number of benzene rings is 2. The highest BCUT2D eigenvalue weighted by molar-refractivity contribution is 7.98. The van der Waals surface area contributed by atoms with E-state index in [1.54, 1.807) is 42.1 Å². The monoisotopic (exact) mass is 355 g/mol. The van der Waals surface area contributed by atoms with Crippen LogP contribution in [-0.4, -0.2) is 42.1 Å². The average Bonchev–Trinajstić information content (AvgIpc) is 2.87. The van der Waals surface area contributed by atoms with Gasteiger partial charge in [-0.05, 0) is 36.6 Å². The average molecular weight is 355 g/mol. The molecule has 1 heterocycles. The minimum Gasteiger partial charge on any atom is -0.336 e. The fourth-order valence-corrected chi connectivity index (χ4v) is 3.06. The molecule has 0 fully saturated rings. The van der Waals surface area contributed by atoms with E-state index in [2.05, 4.69) is 10.6 Å². The molecular weight excluding hydrogens is 338 g/mol. The van der Waals surface area contributed by atoms with Gasteiger partial charge < -0.3 is 10.6 Å². The van der Waals surface area contributed by atoms with Gasteiger partial charge in [0.05, 0.1) is 11.1 Å². The van der Waals surface area contributed by atoms with Crippen LogP contribution in [0.2, 0.25) is 0 Å². The number of hydrogen-bond acceptors (Lipinski definition) is 4. The maximum atomic E-state index is 12.2. The van der Waals surface area contributed by atoms with E-state index in [4.69, 9.17) is 0 Å². The first-order chi connectivity index (χ1) is 12.1. The minimum atomic E-state index is -0.380. The molecule has 0 spiro atoms. The summed E-state index contributed by atoms with van der Waals surface area (Å²) in [5.41, 5.74) is 1.50. The first-order valence-corrected chi connectivity index (χ1v) is 8.97. The Labute approximate surface area is 149 Å². The van der Waals surface area contributed by atoms with Gasteiger partial charge in [-0.15, -0.1) is 11.8 Å². The van der Waals surface area contributed by atoms with Crippen molar-refractivity contribution in [1.29, 1.82) is 0 Å². The standard InChI is InChI=1S/C18H17N3O3S/c1-25-13-6-4-5-12(11-13)20-18(24)19-9-10-21-16(22)14-7-2-3-8-15(14)17(21)23/h2-8,11H,9-10H2,1H3,(H2,19,20,24). The molecule has 0 bridgehead atoms. The number of carbonyl (C=O) groups excluding carboxylic acids is 3. The molecule has 1 aliphatic heterocycles. The van der Waals surface area contributed by atoms with E-state index in [1.807, 2.05) is 24.5 Å². The van der Waals surface area contributed by atoms with E-state index < -0.39 is 0 Å². The van der Waals surface area contributed by atoms with E-state index in [0.29, 0.717) is 16.8 Å². The molecule has 0 atom stereocenters. The number of thioether (sulfide) groups is 1. The maximum Gasteiger partial charge on any atom is 0.319 e. The van der Waals surface area contributed by atoms with Crippen molar-refractivity contribution >= 4 is 35.3 Å². The summed E-state index contributed by atoms with van der Waals surface area (Å²) < 4.78 is 0. The molecule has 25 heavy (non-hydrogen) atoms. The molecule has 6 nitrogen and oxygen atoms in total. The van der Waals surface area contributed by atoms with Gasteiger partial charge in [-0.25, -0.2) is 4.79 Å². The summed E-state index contributed by atoms with van der Waals surface area (Å²) in [6, 6.07) is 13.8. The highest BCUT2D eigenvalue weighted by Gasteiger charge is 2.34. The van der Waals surface area contributed by atoms with Gasteiger partial charge >= 0.3 is 6.03 Å². The van der Waals surface area contributed by atoms with Crippen molar-refractivity contribution in [3.8, 4) is 0 Å². The third-order valence-electron chi connectivity index (χ3n) is 3.83. The molecule has 2 aromatic carbocycles. The third-order valence-corrected chi connectivity index (χ3v) is 4.55. The van der Waals surface area contributed by atoms with Gasteiger partial charge in [-0.1, -0.05) is 18.2 Å². The number of anilines is 1. The number of nitrogens with zero attached hydrogens (tertiary/aromatic N) is 1. The number of urea groups is 1. The lowest BCUT2D eigenvalue weighted by Crippen LogP contribution is -2.39. The quantitative estimate of drug-likeness (QED) is 0.639. The molecule has 7 heteroatoms. The largest absolute Gasteiger partial charge is 0.336 e. The van der Waals surface area contributed by atoms with Crippen LogP contribution in [0.4, 0.5) is 10.5 Å². The number of imide groups is 1. The van der Waals surface area contributed by atoms with Crippen LogP contribution in [0.15, 0.2) is 53.4 Å². The second kappa shape index (κ2) is 7.40. The lowest BCUT2D eigenvalue weighted by Gasteiger charge is -2.14. The maximum absolute atomic E-state index is 12.2. The van der Waals surface area contributed by atoms with Gasteiger partial charge in [0.2, 0.25) is 0 Å². The first-order valence-electron chi connectivity index (χ1n) is 7.74. The topological polar surface area (TPSA) is 78.5 Å². The summed E-state index contributed by atoms with van der Waals surface area (Å²) in [6.07, 6.45) is 1.96. The Balaban J connectivity index is 1.52. The van der Waals surface area contributed by atoms with Crippen LogP contribution in [0.5, 0.6) is 0 Å². The second-order valence-corrected chi connectivity index (χ2v) is 6.30. The Morgan fingerprint density at radius 2 is 1.72 bits per heavy atom. The molecule has 0 unspecified atom stereocenters. The van der Waals surface area contributed by atoms with Crippen molar-refractivity contribution in [2.75, 3.05) is 24.7 Å². The predicted molar refractivity (Wildman–Crippen MR) is 97.1 cm³/mol. The SMILES string of the molecule is CSc1cccc(NC(=O)NCCN2C(=O)c3ccccc3C2=O)c1. The van der Waals surface area contributed by atoms with Gasteiger partial charge in [0.15, 0.2) is 0 Å². The third kappa shape index (κ3) is 3.66. The molecule has 2 aromatic rings. The normalized spacial score (nSPS) is 12.9. The Morgan fingerprint density at radius 3 is 2.36 bits per heavy atom. The molecule has 4 amide bonds. The fraction of sp³-hybridized carbons (Fsp3) is 0.167.